The zero-order valence-electron chi connectivity index (χ0n) is 13.3. The number of anilines is 2. The molecule has 23 heavy (non-hydrogen) atoms. The Kier molecular flexibility index (Phi) is 4.83. The summed E-state index contributed by atoms with van der Waals surface area (Å²) in [5.74, 6) is 2.60. The summed E-state index contributed by atoms with van der Waals surface area (Å²) in [5, 5.41) is 0. The molecule has 4 rings (SSSR count). The minimum atomic E-state index is 1.10. The summed E-state index contributed by atoms with van der Waals surface area (Å²) in [7, 11) is 0. The normalized spacial score (nSPS) is 17.7. The SMILES string of the molecule is c1ccc2c(c1)Sc1ccccc1N2CCCN1CCSCC1. The predicted molar refractivity (Wildman–Crippen MR) is 102 cm³/mol. The van der Waals surface area contributed by atoms with Gasteiger partial charge in [0, 0.05) is 40.9 Å². The zero-order valence-corrected chi connectivity index (χ0v) is 14.9. The maximum atomic E-state index is 2.62. The average Bonchev–Trinajstić information content (AvgIpc) is 2.62. The van der Waals surface area contributed by atoms with Crippen LogP contribution >= 0.6 is 23.5 Å². The number of hydrogen-bond acceptors (Lipinski definition) is 4. The van der Waals surface area contributed by atoms with Crippen LogP contribution in [0, 0.1) is 0 Å². The van der Waals surface area contributed by atoms with Crippen molar-refractivity contribution >= 4 is 34.9 Å². The zero-order chi connectivity index (χ0) is 15.5. The Morgan fingerprint density at radius 2 is 1.39 bits per heavy atom. The number of thioether (sulfide) groups is 1. The van der Waals surface area contributed by atoms with E-state index in [1.807, 2.05) is 11.8 Å². The van der Waals surface area contributed by atoms with Gasteiger partial charge in [-0.05, 0) is 37.2 Å². The molecule has 0 bridgehead atoms. The van der Waals surface area contributed by atoms with Gasteiger partial charge in [-0.1, -0.05) is 36.0 Å². The van der Waals surface area contributed by atoms with Crippen LogP contribution in [0.2, 0.25) is 0 Å². The van der Waals surface area contributed by atoms with Crippen molar-refractivity contribution in [1.82, 2.24) is 4.90 Å². The Morgan fingerprint density at radius 1 is 0.783 bits per heavy atom. The van der Waals surface area contributed by atoms with Gasteiger partial charge in [0.15, 0.2) is 0 Å². The van der Waals surface area contributed by atoms with Crippen LogP contribution < -0.4 is 4.90 Å². The fourth-order valence-electron chi connectivity index (χ4n) is 3.30. The highest BCUT2D eigenvalue weighted by molar-refractivity contribution is 7.99. The van der Waals surface area contributed by atoms with Gasteiger partial charge >= 0.3 is 0 Å². The van der Waals surface area contributed by atoms with E-state index < -0.39 is 0 Å². The minimum absolute atomic E-state index is 1.10. The Labute approximate surface area is 147 Å². The number of hydrogen-bond donors (Lipinski definition) is 0. The van der Waals surface area contributed by atoms with Gasteiger partial charge < -0.3 is 9.80 Å². The largest absolute Gasteiger partial charge is 0.340 e. The first-order valence-corrected chi connectivity index (χ1v) is 10.3. The average molecular weight is 343 g/mol. The second kappa shape index (κ2) is 7.20. The van der Waals surface area contributed by atoms with Crippen LogP contribution in [-0.4, -0.2) is 42.6 Å². The molecule has 4 heteroatoms. The van der Waals surface area contributed by atoms with E-state index in [-0.39, 0.29) is 0 Å². The smallest absolute Gasteiger partial charge is 0.0552 e. The molecule has 1 fully saturated rings. The van der Waals surface area contributed by atoms with Crippen LogP contribution in [0.15, 0.2) is 58.3 Å². The lowest BCUT2D eigenvalue weighted by Gasteiger charge is -2.34. The maximum absolute atomic E-state index is 2.62. The molecule has 0 atom stereocenters. The van der Waals surface area contributed by atoms with E-state index in [0.717, 1.165) is 6.54 Å². The summed E-state index contributed by atoms with van der Waals surface area (Å²) in [5.41, 5.74) is 2.73. The molecule has 2 nitrogen and oxygen atoms in total. The Bertz CT molecular complexity index is 622. The van der Waals surface area contributed by atoms with Crippen molar-refractivity contribution in [2.45, 2.75) is 16.2 Å². The number of para-hydroxylation sites is 2. The molecule has 2 aliphatic rings. The van der Waals surface area contributed by atoms with Crippen molar-refractivity contribution in [2.75, 3.05) is 42.6 Å². The minimum Gasteiger partial charge on any atom is -0.340 e. The highest BCUT2D eigenvalue weighted by atomic mass is 32.2. The first kappa shape index (κ1) is 15.4. The van der Waals surface area contributed by atoms with Gasteiger partial charge in [-0.3, -0.25) is 0 Å². The molecule has 0 amide bonds. The molecule has 0 aromatic heterocycles. The summed E-state index contributed by atoms with van der Waals surface area (Å²) in [6.45, 7) is 4.83. The lowest BCUT2D eigenvalue weighted by molar-refractivity contribution is 0.300. The summed E-state index contributed by atoms with van der Waals surface area (Å²) in [6, 6.07) is 17.6. The number of rotatable bonds is 4. The second-order valence-corrected chi connectivity index (χ2v) is 8.31. The molecule has 1 saturated heterocycles. The van der Waals surface area contributed by atoms with Crippen molar-refractivity contribution in [1.29, 1.82) is 0 Å². The third-order valence-electron chi connectivity index (χ3n) is 4.49. The monoisotopic (exact) mass is 342 g/mol. The Morgan fingerprint density at radius 3 is 2.04 bits per heavy atom. The van der Waals surface area contributed by atoms with Crippen LogP contribution in [0.1, 0.15) is 6.42 Å². The van der Waals surface area contributed by atoms with E-state index in [9.17, 15) is 0 Å². The van der Waals surface area contributed by atoms with E-state index in [2.05, 4.69) is 70.1 Å². The van der Waals surface area contributed by atoms with Crippen molar-refractivity contribution in [3.8, 4) is 0 Å². The predicted octanol–water partition coefficient (Wildman–Crippen LogP) is 4.73. The molecule has 2 aromatic carbocycles. The van der Waals surface area contributed by atoms with E-state index in [1.165, 1.54) is 58.7 Å². The van der Waals surface area contributed by atoms with Gasteiger partial charge in [0.1, 0.15) is 0 Å². The van der Waals surface area contributed by atoms with Gasteiger partial charge in [-0.15, -0.1) is 0 Å². The molecule has 0 saturated carbocycles. The molecule has 0 N–H and O–H groups in total. The molecule has 2 aliphatic heterocycles. The third kappa shape index (κ3) is 3.39. The van der Waals surface area contributed by atoms with Crippen LogP contribution in [0.5, 0.6) is 0 Å². The van der Waals surface area contributed by atoms with Crippen LogP contribution in [0.3, 0.4) is 0 Å². The van der Waals surface area contributed by atoms with E-state index in [1.54, 1.807) is 0 Å². The van der Waals surface area contributed by atoms with Gasteiger partial charge in [-0.2, -0.15) is 11.8 Å². The van der Waals surface area contributed by atoms with Crippen LogP contribution in [0.25, 0.3) is 0 Å². The molecule has 2 aromatic rings. The molecular formula is C19H22N2S2. The number of benzene rings is 2. The molecular weight excluding hydrogens is 320 g/mol. The highest BCUT2D eigenvalue weighted by Gasteiger charge is 2.22. The number of fused-ring (bicyclic) bond motifs is 2. The lowest BCUT2D eigenvalue weighted by Crippen LogP contribution is -2.35. The van der Waals surface area contributed by atoms with E-state index >= 15 is 0 Å². The Hall–Kier alpha value is -1.10. The third-order valence-corrected chi connectivity index (χ3v) is 6.56. The fourth-order valence-corrected chi connectivity index (χ4v) is 5.37. The van der Waals surface area contributed by atoms with Gasteiger partial charge in [0.2, 0.25) is 0 Å². The van der Waals surface area contributed by atoms with Crippen LogP contribution in [0.4, 0.5) is 11.4 Å². The molecule has 0 spiro atoms. The standard InChI is InChI=1S/C19H22N2S2/c1-3-8-18-16(6-1)21(17-7-2-4-9-19(17)23-18)11-5-10-20-12-14-22-15-13-20/h1-4,6-9H,5,10-15H2. The summed E-state index contributed by atoms with van der Waals surface area (Å²) >= 11 is 3.98. The van der Waals surface area contributed by atoms with Crippen LogP contribution in [-0.2, 0) is 0 Å². The van der Waals surface area contributed by atoms with E-state index in [0.29, 0.717) is 0 Å². The summed E-state index contributed by atoms with van der Waals surface area (Å²) in [6.07, 6.45) is 1.22. The second-order valence-electron chi connectivity index (χ2n) is 6.00. The highest BCUT2D eigenvalue weighted by Crippen LogP contribution is 2.47. The summed E-state index contributed by atoms with van der Waals surface area (Å²) < 4.78 is 0. The first-order chi connectivity index (χ1) is 11.4. The molecule has 120 valence electrons. The van der Waals surface area contributed by atoms with Crippen molar-refractivity contribution in [2.24, 2.45) is 0 Å². The summed E-state index contributed by atoms with van der Waals surface area (Å²) in [4.78, 5) is 7.88. The van der Waals surface area contributed by atoms with Gasteiger partial charge in [0.05, 0.1) is 11.4 Å². The van der Waals surface area contributed by atoms with Crippen molar-refractivity contribution in [3.05, 3.63) is 48.5 Å². The quantitative estimate of drug-likeness (QED) is 0.792. The first-order valence-electron chi connectivity index (χ1n) is 8.35. The number of nitrogens with zero attached hydrogens (tertiary/aromatic N) is 2. The van der Waals surface area contributed by atoms with Crippen molar-refractivity contribution < 1.29 is 0 Å². The molecule has 2 heterocycles. The maximum Gasteiger partial charge on any atom is 0.0552 e. The molecule has 0 radical (unpaired) electrons. The lowest BCUT2D eigenvalue weighted by atomic mass is 10.2. The Balaban J connectivity index is 1.50. The fraction of sp³-hybridized carbons (Fsp3) is 0.368. The molecule has 0 unspecified atom stereocenters. The van der Waals surface area contributed by atoms with E-state index in [4.69, 9.17) is 0 Å². The van der Waals surface area contributed by atoms with Crippen molar-refractivity contribution in [3.63, 3.8) is 0 Å². The van der Waals surface area contributed by atoms with Gasteiger partial charge in [0.25, 0.3) is 0 Å². The topological polar surface area (TPSA) is 6.48 Å². The van der Waals surface area contributed by atoms with Gasteiger partial charge in [-0.25, -0.2) is 0 Å². The molecule has 0 aliphatic carbocycles.